The van der Waals surface area contributed by atoms with Crippen molar-refractivity contribution in [3.63, 3.8) is 0 Å². The van der Waals surface area contributed by atoms with Gasteiger partial charge in [-0.15, -0.1) is 0 Å². The van der Waals surface area contributed by atoms with Crippen molar-refractivity contribution in [2.45, 2.75) is 38.1 Å². The second-order valence-corrected chi connectivity index (χ2v) is 10.0. The minimum absolute atomic E-state index is 0.0200. The second-order valence-electron chi connectivity index (χ2n) is 8.13. The van der Waals surface area contributed by atoms with Crippen LogP contribution in [0.25, 0.3) is 0 Å². The summed E-state index contributed by atoms with van der Waals surface area (Å²) in [5, 5.41) is 10.9. The SMILES string of the molecule is CCOc1ccc(C2C(S(=O)(=O)c3ccc(C)cc3)=C(O)C(=O)N2c2ccc(CC)cc2)cc1. The van der Waals surface area contributed by atoms with Gasteiger partial charge in [-0.3, -0.25) is 9.69 Å². The average Bonchev–Trinajstić information content (AvgIpc) is 3.11. The maximum atomic E-state index is 13.7. The molecule has 1 atom stereocenters. The van der Waals surface area contributed by atoms with Gasteiger partial charge >= 0.3 is 0 Å². The number of ether oxygens (including phenoxy) is 1. The molecule has 34 heavy (non-hydrogen) atoms. The number of nitrogens with zero attached hydrogens (tertiary/aromatic N) is 1. The largest absolute Gasteiger partial charge is 0.502 e. The molecule has 1 N–H and O–H groups in total. The van der Waals surface area contributed by atoms with Gasteiger partial charge in [0.05, 0.1) is 11.5 Å². The minimum Gasteiger partial charge on any atom is -0.502 e. The standard InChI is InChI=1S/C27H27NO5S/c1-4-19-8-12-21(13-9-19)28-24(20-10-14-22(15-11-20)33-5-2)26(25(29)27(28)30)34(31,32)23-16-6-18(3)7-17-23/h6-17,24,29H,4-5H2,1-3H3. The first kappa shape index (κ1) is 23.6. The summed E-state index contributed by atoms with van der Waals surface area (Å²) in [6, 6.07) is 19.6. The third kappa shape index (κ3) is 4.19. The minimum atomic E-state index is -4.17. The number of aliphatic hydroxyl groups is 1. The first-order valence-corrected chi connectivity index (χ1v) is 12.7. The number of hydrogen-bond donors (Lipinski definition) is 1. The van der Waals surface area contributed by atoms with Gasteiger partial charge in [-0.2, -0.15) is 0 Å². The summed E-state index contributed by atoms with van der Waals surface area (Å²) in [5.41, 5.74) is 3.03. The number of amides is 1. The van der Waals surface area contributed by atoms with Crippen LogP contribution in [-0.2, 0) is 21.1 Å². The van der Waals surface area contributed by atoms with Crippen LogP contribution in [0, 0.1) is 6.92 Å². The van der Waals surface area contributed by atoms with Crippen molar-refractivity contribution in [2.75, 3.05) is 11.5 Å². The molecule has 1 heterocycles. The van der Waals surface area contributed by atoms with Crippen molar-refractivity contribution in [2.24, 2.45) is 0 Å². The molecule has 0 aromatic heterocycles. The van der Waals surface area contributed by atoms with Crippen LogP contribution in [-0.4, -0.2) is 26.0 Å². The van der Waals surface area contributed by atoms with E-state index in [2.05, 4.69) is 0 Å². The van der Waals surface area contributed by atoms with Crippen molar-refractivity contribution < 1.29 is 23.1 Å². The highest BCUT2D eigenvalue weighted by atomic mass is 32.2. The Bertz CT molecular complexity index is 1330. The molecule has 0 fully saturated rings. The molecule has 3 aromatic carbocycles. The van der Waals surface area contributed by atoms with E-state index in [9.17, 15) is 18.3 Å². The first-order valence-electron chi connectivity index (χ1n) is 11.2. The van der Waals surface area contributed by atoms with E-state index in [1.807, 2.05) is 32.9 Å². The highest BCUT2D eigenvalue weighted by Gasteiger charge is 2.47. The normalized spacial score (nSPS) is 16.3. The Kier molecular flexibility index (Phi) is 6.48. The molecule has 1 amide bonds. The number of anilines is 1. The quantitative estimate of drug-likeness (QED) is 0.500. The van der Waals surface area contributed by atoms with Gasteiger partial charge in [0.15, 0.2) is 5.76 Å². The molecule has 1 unspecified atom stereocenters. The molecular formula is C27H27NO5S. The van der Waals surface area contributed by atoms with E-state index in [0.717, 1.165) is 17.5 Å². The molecule has 0 saturated heterocycles. The van der Waals surface area contributed by atoms with Gasteiger partial charge in [0.25, 0.3) is 5.91 Å². The number of carbonyl (C=O) groups is 1. The second kappa shape index (κ2) is 9.35. The smallest absolute Gasteiger partial charge is 0.295 e. The Morgan fingerprint density at radius 2 is 1.53 bits per heavy atom. The number of aliphatic hydroxyl groups excluding tert-OH is 1. The molecule has 3 aromatic rings. The molecular weight excluding hydrogens is 450 g/mol. The van der Waals surface area contributed by atoms with E-state index in [-0.39, 0.29) is 9.80 Å². The Balaban J connectivity index is 1.88. The summed E-state index contributed by atoms with van der Waals surface area (Å²) in [7, 11) is -4.17. The summed E-state index contributed by atoms with van der Waals surface area (Å²) in [6.45, 7) is 6.25. The molecule has 0 radical (unpaired) electrons. The Labute approximate surface area is 200 Å². The molecule has 0 aliphatic carbocycles. The average molecular weight is 478 g/mol. The Hall–Kier alpha value is -3.58. The van der Waals surface area contributed by atoms with E-state index in [0.29, 0.717) is 23.6 Å². The Morgan fingerprint density at radius 3 is 2.09 bits per heavy atom. The lowest BCUT2D eigenvalue weighted by atomic mass is 10.0. The number of carbonyl (C=O) groups excluding carboxylic acids is 1. The molecule has 0 bridgehead atoms. The number of rotatable bonds is 7. The third-order valence-corrected chi connectivity index (χ3v) is 7.80. The van der Waals surface area contributed by atoms with E-state index >= 15 is 0 Å². The van der Waals surface area contributed by atoms with E-state index in [1.54, 1.807) is 48.5 Å². The summed E-state index contributed by atoms with van der Waals surface area (Å²) < 4.78 is 32.9. The number of aryl methyl sites for hydroxylation is 2. The fourth-order valence-electron chi connectivity index (χ4n) is 4.07. The fraction of sp³-hybridized carbons (Fsp3) is 0.222. The van der Waals surface area contributed by atoms with Crippen LogP contribution < -0.4 is 9.64 Å². The van der Waals surface area contributed by atoms with Gasteiger partial charge in [0.1, 0.15) is 16.7 Å². The zero-order chi connectivity index (χ0) is 24.5. The zero-order valence-corrected chi connectivity index (χ0v) is 20.2. The van der Waals surface area contributed by atoms with E-state index in [1.165, 1.54) is 17.0 Å². The highest BCUT2D eigenvalue weighted by molar-refractivity contribution is 7.95. The number of hydrogen-bond acceptors (Lipinski definition) is 5. The van der Waals surface area contributed by atoms with E-state index in [4.69, 9.17) is 4.74 Å². The van der Waals surface area contributed by atoms with Crippen molar-refractivity contribution in [1.82, 2.24) is 0 Å². The summed E-state index contributed by atoms with van der Waals surface area (Å²) in [4.78, 5) is 14.3. The maximum absolute atomic E-state index is 13.7. The molecule has 0 spiro atoms. The molecule has 6 nitrogen and oxygen atoms in total. The van der Waals surface area contributed by atoms with Crippen LogP contribution in [0.3, 0.4) is 0 Å². The fourth-order valence-corrected chi connectivity index (χ4v) is 5.70. The van der Waals surface area contributed by atoms with Crippen LogP contribution >= 0.6 is 0 Å². The summed E-state index contributed by atoms with van der Waals surface area (Å²) in [6.07, 6.45) is 0.826. The van der Waals surface area contributed by atoms with Crippen LogP contribution in [0.5, 0.6) is 5.75 Å². The van der Waals surface area contributed by atoms with Crippen molar-refractivity contribution in [1.29, 1.82) is 0 Å². The van der Waals surface area contributed by atoms with Crippen LogP contribution in [0.4, 0.5) is 5.69 Å². The monoisotopic (exact) mass is 477 g/mol. The molecule has 4 rings (SSSR count). The lowest BCUT2D eigenvalue weighted by molar-refractivity contribution is -0.117. The topological polar surface area (TPSA) is 83.9 Å². The van der Waals surface area contributed by atoms with Crippen LogP contribution in [0.15, 0.2) is 88.4 Å². The summed E-state index contributed by atoms with van der Waals surface area (Å²) in [5.74, 6) is -0.890. The van der Waals surface area contributed by atoms with Crippen molar-refractivity contribution in [3.8, 4) is 5.75 Å². The Morgan fingerprint density at radius 1 is 0.912 bits per heavy atom. The molecule has 176 valence electrons. The van der Waals surface area contributed by atoms with Crippen molar-refractivity contribution in [3.05, 3.63) is 100 Å². The first-order chi connectivity index (χ1) is 16.3. The van der Waals surface area contributed by atoms with E-state index < -0.39 is 27.5 Å². The predicted octanol–water partition coefficient (Wildman–Crippen LogP) is 5.29. The lowest BCUT2D eigenvalue weighted by Gasteiger charge is -2.27. The third-order valence-electron chi connectivity index (χ3n) is 5.91. The molecule has 7 heteroatoms. The van der Waals surface area contributed by atoms with Crippen LogP contribution in [0.1, 0.15) is 36.6 Å². The zero-order valence-electron chi connectivity index (χ0n) is 19.4. The van der Waals surface area contributed by atoms with Gasteiger partial charge < -0.3 is 9.84 Å². The number of benzene rings is 3. The highest BCUT2D eigenvalue weighted by Crippen LogP contribution is 2.45. The van der Waals surface area contributed by atoms with Gasteiger partial charge in [-0.05, 0) is 67.8 Å². The van der Waals surface area contributed by atoms with Gasteiger partial charge in [-0.25, -0.2) is 8.42 Å². The summed E-state index contributed by atoms with van der Waals surface area (Å²) >= 11 is 0. The van der Waals surface area contributed by atoms with Crippen molar-refractivity contribution >= 4 is 21.4 Å². The predicted molar refractivity (Wildman–Crippen MR) is 132 cm³/mol. The van der Waals surface area contributed by atoms with Gasteiger partial charge in [0, 0.05) is 5.69 Å². The van der Waals surface area contributed by atoms with Crippen LogP contribution in [0.2, 0.25) is 0 Å². The molecule has 0 saturated carbocycles. The maximum Gasteiger partial charge on any atom is 0.295 e. The molecule has 1 aliphatic heterocycles. The van der Waals surface area contributed by atoms with Gasteiger partial charge in [-0.1, -0.05) is 48.9 Å². The molecule has 1 aliphatic rings. The number of sulfone groups is 1. The lowest BCUT2D eigenvalue weighted by Crippen LogP contribution is -2.31. The van der Waals surface area contributed by atoms with Gasteiger partial charge in [0.2, 0.25) is 9.84 Å².